The number of halogens is 2. The van der Waals surface area contributed by atoms with E-state index >= 15 is 0 Å². The van der Waals surface area contributed by atoms with Crippen molar-refractivity contribution < 1.29 is 18.3 Å². The molecule has 212 valence electrons. The highest BCUT2D eigenvalue weighted by atomic mass is 19.2. The molecule has 0 saturated carbocycles. The fourth-order valence-corrected chi connectivity index (χ4v) is 4.40. The van der Waals surface area contributed by atoms with Crippen molar-refractivity contribution in [2.75, 3.05) is 68.3 Å². The van der Waals surface area contributed by atoms with Crippen LogP contribution in [0.4, 0.5) is 43.6 Å². The van der Waals surface area contributed by atoms with Crippen LogP contribution in [0.5, 0.6) is 5.88 Å². The number of aromatic nitrogens is 4. The van der Waals surface area contributed by atoms with Crippen molar-refractivity contribution in [1.29, 1.82) is 0 Å². The van der Waals surface area contributed by atoms with Gasteiger partial charge < -0.3 is 30.1 Å². The molecule has 0 atom stereocenters. The molecular weight excluding hydrogens is 520 g/mol. The first-order valence-corrected chi connectivity index (χ1v) is 12.5. The number of pyridine rings is 1. The van der Waals surface area contributed by atoms with Gasteiger partial charge in [-0.2, -0.15) is 9.97 Å². The minimum atomic E-state index is -0.950. The highest BCUT2D eigenvalue weighted by Gasteiger charge is 2.38. The van der Waals surface area contributed by atoms with Gasteiger partial charge in [0.1, 0.15) is 12.0 Å². The molecule has 1 aromatic carbocycles. The van der Waals surface area contributed by atoms with Crippen LogP contribution in [0.1, 0.15) is 19.4 Å². The summed E-state index contributed by atoms with van der Waals surface area (Å²) in [4.78, 5) is 35.5. The van der Waals surface area contributed by atoms with Gasteiger partial charge in [0.05, 0.1) is 18.5 Å². The number of hydrogen-bond donors (Lipinski definition) is 2. The number of likely N-dealkylation sites (N-methyl/N-ethyl adjacent to an activating group) is 2. The van der Waals surface area contributed by atoms with Gasteiger partial charge >= 0.3 is 0 Å². The molecule has 0 unspecified atom stereocenters. The third-order valence-corrected chi connectivity index (χ3v) is 6.51. The minimum absolute atomic E-state index is 0.161. The van der Waals surface area contributed by atoms with Crippen LogP contribution in [0.15, 0.2) is 37.2 Å². The van der Waals surface area contributed by atoms with Crippen LogP contribution in [0.3, 0.4) is 0 Å². The third kappa shape index (κ3) is 5.93. The number of carbonyl (C=O) groups is 1. The third-order valence-electron chi connectivity index (χ3n) is 6.51. The maximum atomic E-state index is 14.2. The fraction of sp³-hybridized carbons (Fsp3) is 0.370. The smallest absolute Gasteiger partial charge is 0.247 e. The van der Waals surface area contributed by atoms with Gasteiger partial charge in [-0.3, -0.25) is 4.79 Å². The zero-order valence-corrected chi connectivity index (χ0v) is 23.4. The first-order valence-electron chi connectivity index (χ1n) is 12.5. The Labute approximate surface area is 231 Å². The van der Waals surface area contributed by atoms with Gasteiger partial charge in [0, 0.05) is 38.2 Å². The topological polar surface area (TPSA) is 112 Å². The lowest BCUT2D eigenvalue weighted by molar-refractivity contribution is -0.111. The summed E-state index contributed by atoms with van der Waals surface area (Å²) in [6, 6.07) is 4.05. The number of ether oxygens (including phenoxy) is 1. The number of rotatable bonds is 10. The number of benzene rings is 1. The molecule has 1 amide bonds. The van der Waals surface area contributed by atoms with E-state index in [4.69, 9.17) is 4.74 Å². The van der Waals surface area contributed by atoms with E-state index in [1.807, 2.05) is 44.8 Å². The molecule has 1 aliphatic heterocycles. The van der Waals surface area contributed by atoms with Crippen LogP contribution < -0.4 is 25.2 Å². The van der Waals surface area contributed by atoms with Crippen LogP contribution in [0.2, 0.25) is 0 Å². The average molecular weight is 554 g/mol. The van der Waals surface area contributed by atoms with Gasteiger partial charge in [-0.1, -0.05) is 20.4 Å². The summed E-state index contributed by atoms with van der Waals surface area (Å²) >= 11 is 0. The molecule has 3 aromatic rings. The van der Waals surface area contributed by atoms with Gasteiger partial charge in [-0.05, 0) is 37.9 Å². The Bertz CT molecular complexity index is 1430. The van der Waals surface area contributed by atoms with Crippen molar-refractivity contribution in [2.24, 2.45) is 0 Å². The van der Waals surface area contributed by atoms with Crippen LogP contribution in [-0.2, 0) is 10.2 Å². The number of nitrogens with one attached hydrogen (secondary N) is 2. The average Bonchev–Trinajstić information content (AvgIpc) is 3.17. The van der Waals surface area contributed by atoms with Crippen molar-refractivity contribution in [3.63, 3.8) is 0 Å². The van der Waals surface area contributed by atoms with Gasteiger partial charge in [0.25, 0.3) is 0 Å². The van der Waals surface area contributed by atoms with Gasteiger partial charge in [0.15, 0.2) is 17.5 Å². The van der Waals surface area contributed by atoms with Gasteiger partial charge in [-0.15, -0.1) is 0 Å². The number of anilines is 6. The van der Waals surface area contributed by atoms with Crippen LogP contribution >= 0.6 is 0 Å². The Morgan fingerprint density at radius 1 is 1.12 bits per heavy atom. The van der Waals surface area contributed by atoms with Crippen molar-refractivity contribution in [2.45, 2.75) is 19.3 Å². The molecular formula is C27H33F2N9O2. The Kier molecular flexibility index (Phi) is 8.14. The second-order valence-electron chi connectivity index (χ2n) is 10.3. The lowest BCUT2D eigenvalue weighted by Crippen LogP contribution is -2.30. The summed E-state index contributed by atoms with van der Waals surface area (Å²) in [5.74, 6) is -1.09. The van der Waals surface area contributed by atoms with E-state index in [0.717, 1.165) is 12.6 Å². The predicted molar refractivity (Wildman–Crippen MR) is 151 cm³/mol. The maximum Gasteiger partial charge on any atom is 0.247 e. The number of fused-ring (bicyclic) bond motifs is 1. The minimum Gasteiger partial charge on any atom is -0.479 e. The second kappa shape index (κ2) is 11.4. The number of nitrogens with zero attached hydrogens (tertiary/aromatic N) is 7. The first-order chi connectivity index (χ1) is 18.9. The summed E-state index contributed by atoms with van der Waals surface area (Å²) in [7, 11) is 7.28. The van der Waals surface area contributed by atoms with E-state index in [9.17, 15) is 13.6 Å². The predicted octanol–water partition coefficient (Wildman–Crippen LogP) is 3.85. The Balaban J connectivity index is 1.69. The highest BCUT2D eigenvalue weighted by molar-refractivity contribution is 6.01. The molecule has 0 saturated heterocycles. The normalized spacial score (nSPS) is 13.7. The quantitative estimate of drug-likeness (QED) is 0.359. The van der Waals surface area contributed by atoms with Crippen LogP contribution in [0, 0.1) is 11.6 Å². The highest BCUT2D eigenvalue weighted by Crippen LogP contribution is 2.44. The van der Waals surface area contributed by atoms with Crippen molar-refractivity contribution in [1.82, 2.24) is 24.8 Å². The SMILES string of the molecule is C=CC(=O)Nc1cc(Nc2ncnc(N3CC(C)(C)c4cc(F)c(F)cc43)n2)c(OC)nc1N(C)CCN(C)C. The molecule has 0 radical (unpaired) electrons. The Morgan fingerprint density at radius 2 is 1.85 bits per heavy atom. The second-order valence-corrected chi connectivity index (χ2v) is 10.3. The Hall–Kier alpha value is -4.39. The zero-order valence-electron chi connectivity index (χ0n) is 23.4. The molecule has 0 aliphatic carbocycles. The number of methoxy groups -OCH3 is 1. The zero-order chi connectivity index (χ0) is 29.2. The fourth-order valence-electron chi connectivity index (χ4n) is 4.40. The molecule has 0 fully saturated rings. The molecule has 13 heteroatoms. The summed E-state index contributed by atoms with van der Waals surface area (Å²) in [6.45, 7) is 9.22. The number of carbonyl (C=O) groups excluding carboxylic acids is 1. The van der Waals surface area contributed by atoms with E-state index in [1.165, 1.54) is 25.6 Å². The summed E-state index contributed by atoms with van der Waals surface area (Å²) in [5, 5.41) is 5.88. The van der Waals surface area contributed by atoms with Crippen LogP contribution in [-0.4, -0.2) is 78.6 Å². The maximum absolute atomic E-state index is 14.2. The van der Waals surface area contributed by atoms with Crippen molar-refractivity contribution >= 4 is 40.7 Å². The number of amides is 1. The standard InChI is InChI=1S/C27H33F2N9O2/c1-8-22(39)32-19-13-20(24(40-7)34-23(19)37(6)10-9-36(4)5)33-25-30-15-31-26(35-25)38-14-27(2,3)16-11-17(28)18(29)12-21(16)38/h8,11-13,15H,1,9-10,14H2,2-7H3,(H,32,39)(H,30,31,33,35). The molecule has 0 bridgehead atoms. The monoisotopic (exact) mass is 553 g/mol. The van der Waals surface area contributed by atoms with E-state index in [2.05, 4.69) is 37.1 Å². The van der Waals surface area contributed by atoms with Crippen molar-refractivity contribution in [3.05, 3.63) is 54.4 Å². The summed E-state index contributed by atoms with van der Waals surface area (Å²) < 4.78 is 33.7. The molecule has 3 heterocycles. The van der Waals surface area contributed by atoms with E-state index < -0.39 is 23.0 Å². The Morgan fingerprint density at radius 3 is 2.52 bits per heavy atom. The van der Waals surface area contributed by atoms with Crippen molar-refractivity contribution in [3.8, 4) is 5.88 Å². The summed E-state index contributed by atoms with van der Waals surface area (Å²) in [5.41, 5.74) is 1.49. The van der Waals surface area contributed by atoms with E-state index in [1.54, 1.807) is 11.0 Å². The number of hydrogen-bond acceptors (Lipinski definition) is 10. The van der Waals surface area contributed by atoms with Gasteiger partial charge in [0.2, 0.25) is 23.7 Å². The lowest BCUT2D eigenvalue weighted by atomic mass is 9.87. The molecule has 1 aliphatic rings. The molecule has 11 nitrogen and oxygen atoms in total. The van der Waals surface area contributed by atoms with Gasteiger partial charge in [-0.25, -0.2) is 18.7 Å². The lowest BCUT2D eigenvalue weighted by Gasteiger charge is -2.24. The summed E-state index contributed by atoms with van der Waals surface area (Å²) in [6.07, 6.45) is 2.49. The molecule has 0 spiro atoms. The van der Waals surface area contributed by atoms with Crippen LogP contribution in [0.25, 0.3) is 0 Å². The molecule has 2 aromatic heterocycles. The largest absolute Gasteiger partial charge is 0.479 e. The van der Waals surface area contributed by atoms with E-state index in [-0.39, 0.29) is 17.8 Å². The molecule has 40 heavy (non-hydrogen) atoms. The molecule has 2 N–H and O–H groups in total. The first kappa shape index (κ1) is 28.6. The van der Waals surface area contributed by atoms with E-state index in [0.29, 0.717) is 41.5 Å². The molecule has 4 rings (SSSR count).